The van der Waals surface area contributed by atoms with Crippen molar-refractivity contribution >= 4 is 11.7 Å². The van der Waals surface area contributed by atoms with Crippen molar-refractivity contribution in [2.24, 2.45) is 5.41 Å². The predicted octanol–water partition coefficient (Wildman–Crippen LogP) is 3.37. The molecule has 1 N–H and O–H groups in total. The Hall–Kier alpha value is -2.30. The summed E-state index contributed by atoms with van der Waals surface area (Å²) in [7, 11) is 0. The number of amides is 2. The maximum atomic E-state index is 12.6. The number of piperidine rings is 1. The average molecular weight is 324 g/mol. The maximum Gasteiger partial charge on any atom is 0.317 e. The topological polar surface area (TPSA) is 49.6 Å². The van der Waals surface area contributed by atoms with E-state index in [-0.39, 0.29) is 6.03 Å². The van der Waals surface area contributed by atoms with E-state index in [1.54, 1.807) is 0 Å². The smallest absolute Gasteiger partial charge is 0.317 e. The highest BCUT2D eigenvalue weighted by Crippen LogP contribution is 2.40. The van der Waals surface area contributed by atoms with Crippen LogP contribution in [0.5, 0.6) is 0 Å². The molecular weight excluding hydrogens is 300 g/mol. The average Bonchev–Trinajstić information content (AvgIpc) is 3.03. The first-order valence-corrected chi connectivity index (χ1v) is 8.85. The molecule has 1 atom stereocenters. The van der Waals surface area contributed by atoms with E-state index in [0.717, 1.165) is 43.7 Å². The molecule has 1 aliphatic carbocycles. The van der Waals surface area contributed by atoms with E-state index in [2.05, 4.69) is 22.5 Å². The van der Waals surface area contributed by atoms with Crippen molar-refractivity contribution in [2.45, 2.75) is 38.6 Å². The van der Waals surface area contributed by atoms with Crippen LogP contribution in [0.2, 0.25) is 0 Å². The van der Waals surface area contributed by atoms with Gasteiger partial charge in [-0.25, -0.2) is 9.78 Å². The van der Waals surface area contributed by atoms with Crippen LogP contribution in [0.4, 0.5) is 4.79 Å². The molecule has 5 nitrogen and oxygen atoms in total. The summed E-state index contributed by atoms with van der Waals surface area (Å²) in [4.78, 5) is 19.1. The van der Waals surface area contributed by atoms with E-state index in [9.17, 15) is 4.79 Å². The Labute approximate surface area is 142 Å². The van der Waals surface area contributed by atoms with Gasteiger partial charge in [-0.2, -0.15) is 0 Å². The first-order valence-electron chi connectivity index (χ1n) is 8.85. The van der Waals surface area contributed by atoms with Crippen LogP contribution >= 0.6 is 0 Å². The number of nitrogens with one attached hydrogen (secondary N) is 1. The van der Waals surface area contributed by atoms with Crippen molar-refractivity contribution in [3.8, 4) is 0 Å². The summed E-state index contributed by atoms with van der Waals surface area (Å²) in [6.45, 7) is 2.22. The van der Waals surface area contributed by atoms with Crippen LogP contribution in [0.25, 0.3) is 5.65 Å². The first-order chi connectivity index (χ1) is 11.7. The molecule has 126 valence electrons. The Morgan fingerprint density at radius 1 is 1.29 bits per heavy atom. The molecule has 0 aromatic carbocycles. The molecule has 0 radical (unpaired) electrons. The second-order valence-corrected chi connectivity index (χ2v) is 7.10. The summed E-state index contributed by atoms with van der Waals surface area (Å²) >= 11 is 0. The number of nitrogens with zero attached hydrogens (tertiary/aromatic N) is 3. The third-order valence-corrected chi connectivity index (χ3v) is 5.34. The number of fused-ring (bicyclic) bond motifs is 1. The fourth-order valence-electron chi connectivity index (χ4n) is 4.05. The SMILES string of the molecule is O=C(NCc1cn2ccccc2n1)N1CCC[C@]2(CC=CCC2)C1. The fourth-order valence-corrected chi connectivity index (χ4v) is 4.05. The summed E-state index contributed by atoms with van der Waals surface area (Å²) in [6.07, 6.45) is 14.3. The Bertz CT molecular complexity index is 733. The summed E-state index contributed by atoms with van der Waals surface area (Å²) in [5.74, 6) is 0. The van der Waals surface area contributed by atoms with Gasteiger partial charge in [0.05, 0.1) is 12.2 Å². The highest BCUT2D eigenvalue weighted by molar-refractivity contribution is 5.74. The van der Waals surface area contributed by atoms with E-state index < -0.39 is 0 Å². The standard InChI is InChI=1S/C19H24N4O/c24-18(20-13-16-14-22-11-5-2-7-17(22)21-16)23-12-6-10-19(15-23)8-3-1-4-9-19/h1-3,5,7,11,14H,4,6,8-10,12-13,15H2,(H,20,24)/t19-/m1/s1. The zero-order valence-electron chi connectivity index (χ0n) is 13.9. The number of pyridine rings is 1. The zero-order chi connectivity index (χ0) is 16.4. The van der Waals surface area contributed by atoms with Gasteiger partial charge in [-0.05, 0) is 49.7 Å². The molecular formula is C19H24N4O. The van der Waals surface area contributed by atoms with E-state index in [0.29, 0.717) is 12.0 Å². The molecule has 1 aliphatic heterocycles. The highest BCUT2D eigenvalue weighted by Gasteiger charge is 2.36. The number of carbonyl (C=O) groups excluding carboxylic acids is 1. The predicted molar refractivity (Wildman–Crippen MR) is 93.7 cm³/mol. The summed E-state index contributed by atoms with van der Waals surface area (Å²) in [5, 5.41) is 3.04. The fraction of sp³-hybridized carbons (Fsp3) is 0.474. The van der Waals surface area contributed by atoms with Gasteiger partial charge in [-0.3, -0.25) is 0 Å². The largest absolute Gasteiger partial charge is 0.332 e. The molecule has 0 bridgehead atoms. The molecule has 0 unspecified atom stereocenters. The van der Waals surface area contributed by atoms with Gasteiger partial charge in [0.15, 0.2) is 0 Å². The van der Waals surface area contributed by atoms with Crippen LogP contribution in [-0.2, 0) is 6.54 Å². The lowest BCUT2D eigenvalue weighted by molar-refractivity contribution is 0.0958. The number of imidazole rings is 1. The van der Waals surface area contributed by atoms with Crippen molar-refractivity contribution in [2.75, 3.05) is 13.1 Å². The summed E-state index contributed by atoms with van der Waals surface area (Å²) in [5.41, 5.74) is 2.11. The van der Waals surface area contributed by atoms with Crippen LogP contribution in [0, 0.1) is 5.41 Å². The van der Waals surface area contributed by atoms with Gasteiger partial charge in [0.2, 0.25) is 0 Å². The molecule has 1 fully saturated rings. The number of aromatic nitrogens is 2. The monoisotopic (exact) mass is 324 g/mol. The Kier molecular flexibility index (Phi) is 4.00. The molecule has 2 aromatic rings. The van der Waals surface area contributed by atoms with Gasteiger partial charge in [0, 0.05) is 25.5 Å². The lowest BCUT2D eigenvalue weighted by Gasteiger charge is -2.43. The van der Waals surface area contributed by atoms with E-state index in [4.69, 9.17) is 0 Å². The highest BCUT2D eigenvalue weighted by atomic mass is 16.2. The lowest BCUT2D eigenvalue weighted by atomic mass is 9.71. The van der Waals surface area contributed by atoms with Gasteiger partial charge in [0.1, 0.15) is 5.65 Å². The molecule has 1 saturated heterocycles. The number of carbonyl (C=O) groups is 1. The second-order valence-electron chi connectivity index (χ2n) is 7.10. The van der Waals surface area contributed by atoms with Crippen LogP contribution in [0.1, 0.15) is 37.8 Å². The van der Waals surface area contributed by atoms with Crippen LogP contribution in [0.3, 0.4) is 0 Å². The molecule has 0 saturated carbocycles. The molecule has 2 aromatic heterocycles. The zero-order valence-corrected chi connectivity index (χ0v) is 13.9. The summed E-state index contributed by atoms with van der Waals surface area (Å²) in [6, 6.07) is 5.95. The molecule has 1 spiro atoms. The Balaban J connectivity index is 1.38. The van der Waals surface area contributed by atoms with Crippen molar-refractivity contribution in [3.05, 3.63) is 48.4 Å². The van der Waals surface area contributed by atoms with Crippen LogP contribution in [0.15, 0.2) is 42.7 Å². The number of urea groups is 1. The Morgan fingerprint density at radius 2 is 2.25 bits per heavy atom. The normalized spacial score (nSPS) is 23.8. The van der Waals surface area contributed by atoms with Crippen molar-refractivity contribution in [3.63, 3.8) is 0 Å². The first kappa shape index (κ1) is 15.2. The number of hydrogen-bond donors (Lipinski definition) is 1. The molecule has 3 heterocycles. The minimum absolute atomic E-state index is 0.0423. The molecule has 2 aliphatic rings. The number of allylic oxidation sites excluding steroid dienone is 2. The van der Waals surface area contributed by atoms with Crippen LogP contribution in [-0.4, -0.2) is 33.4 Å². The maximum absolute atomic E-state index is 12.6. The number of rotatable bonds is 2. The van der Waals surface area contributed by atoms with Gasteiger partial charge >= 0.3 is 6.03 Å². The van der Waals surface area contributed by atoms with E-state index >= 15 is 0 Å². The number of hydrogen-bond acceptors (Lipinski definition) is 2. The van der Waals surface area contributed by atoms with Gasteiger partial charge < -0.3 is 14.6 Å². The second kappa shape index (κ2) is 6.30. The van der Waals surface area contributed by atoms with Gasteiger partial charge in [-0.15, -0.1) is 0 Å². The van der Waals surface area contributed by atoms with Gasteiger partial charge in [0.25, 0.3) is 0 Å². The van der Waals surface area contributed by atoms with Crippen molar-refractivity contribution in [1.29, 1.82) is 0 Å². The van der Waals surface area contributed by atoms with Crippen molar-refractivity contribution in [1.82, 2.24) is 19.6 Å². The lowest BCUT2D eigenvalue weighted by Crippen LogP contribution is -2.49. The van der Waals surface area contributed by atoms with Gasteiger partial charge in [-0.1, -0.05) is 18.2 Å². The molecule has 5 heteroatoms. The van der Waals surface area contributed by atoms with E-state index in [1.807, 2.05) is 39.9 Å². The number of likely N-dealkylation sites (tertiary alicyclic amines) is 1. The Morgan fingerprint density at radius 3 is 3.08 bits per heavy atom. The molecule has 4 rings (SSSR count). The minimum atomic E-state index is 0.0423. The van der Waals surface area contributed by atoms with Crippen LogP contribution < -0.4 is 5.32 Å². The third kappa shape index (κ3) is 3.03. The third-order valence-electron chi connectivity index (χ3n) is 5.34. The quantitative estimate of drug-likeness (QED) is 0.861. The van der Waals surface area contributed by atoms with E-state index in [1.165, 1.54) is 12.8 Å². The van der Waals surface area contributed by atoms with Crippen molar-refractivity contribution < 1.29 is 4.79 Å². The summed E-state index contributed by atoms with van der Waals surface area (Å²) < 4.78 is 1.98. The molecule has 2 amide bonds. The molecule has 24 heavy (non-hydrogen) atoms. The minimum Gasteiger partial charge on any atom is -0.332 e.